The highest BCUT2D eigenvalue weighted by molar-refractivity contribution is 6.29. The summed E-state index contributed by atoms with van der Waals surface area (Å²) < 4.78 is 0. The fourth-order valence-electron chi connectivity index (χ4n) is 8.79. The normalized spacial score (nSPS) is 37.4. The Morgan fingerprint density at radius 1 is 1.22 bits per heavy atom. The molecule has 4 aliphatic carbocycles. The molecule has 7 rings (SSSR count). The summed E-state index contributed by atoms with van der Waals surface area (Å²) >= 11 is 6.06. The number of nitrogens with one attached hydrogen (secondary N) is 1. The molecule has 8 nitrogen and oxygen atoms in total. The SMILES string of the molecule is CC(C)(/C(=N/C#N)NC1C2CC3CC1CC(C(N)=O)(C3)C2)N1CCC2CCC(C1)N2c1ccc(Cl)nc1. The van der Waals surface area contributed by atoms with Gasteiger partial charge in [-0.15, -0.1) is 0 Å². The summed E-state index contributed by atoms with van der Waals surface area (Å²) in [4.78, 5) is 26.2. The van der Waals surface area contributed by atoms with Crippen molar-refractivity contribution in [2.45, 2.75) is 88.9 Å². The highest BCUT2D eigenvalue weighted by Crippen LogP contribution is 2.60. The molecule has 2 saturated heterocycles. The minimum Gasteiger partial charge on any atom is -0.369 e. The predicted molar refractivity (Wildman–Crippen MR) is 144 cm³/mol. The number of carbonyl (C=O) groups excluding carboxylic acids is 1. The molecule has 4 unspecified atom stereocenters. The van der Waals surface area contributed by atoms with Crippen molar-refractivity contribution in [3.63, 3.8) is 0 Å². The number of fused-ring (bicyclic) bond motifs is 2. The van der Waals surface area contributed by atoms with Gasteiger partial charge in [-0.3, -0.25) is 9.69 Å². The van der Waals surface area contributed by atoms with Gasteiger partial charge in [0.25, 0.3) is 0 Å². The van der Waals surface area contributed by atoms with Gasteiger partial charge in [-0.1, -0.05) is 11.6 Å². The number of carbonyl (C=O) groups is 1. The summed E-state index contributed by atoms with van der Waals surface area (Å²) in [5, 5.41) is 14.0. The molecule has 1 amide bonds. The number of primary amides is 1. The summed E-state index contributed by atoms with van der Waals surface area (Å²) in [6, 6.07) is 5.06. The van der Waals surface area contributed by atoms with Gasteiger partial charge in [0, 0.05) is 36.6 Å². The highest BCUT2D eigenvalue weighted by atomic mass is 35.5. The Kier molecular flexibility index (Phi) is 6.15. The number of anilines is 1. The number of hydrogen-bond acceptors (Lipinski definition) is 6. The third kappa shape index (κ3) is 4.19. The van der Waals surface area contributed by atoms with Crippen LogP contribution in [0.3, 0.4) is 0 Å². The number of aromatic nitrogens is 1. The average molecular weight is 524 g/mol. The van der Waals surface area contributed by atoms with Crippen molar-refractivity contribution in [3.8, 4) is 6.19 Å². The average Bonchev–Trinajstić information content (AvgIpc) is 3.13. The molecule has 1 aromatic heterocycles. The summed E-state index contributed by atoms with van der Waals surface area (Å²) in [6.07, 6.45) is 12.3. The van der Waals surface area contributed by atoms with Gasteiger partial charge < -0.3 is 16.0 Å². The van der Waals surface area contributed by atoms with Crippen molar-refractivity contribution in [2.24, 2.45) is 33.9 Å². The Balaban J connectivity index is 1.21. The Morgan fingerprint density at radius 3 is 2.59 bits per heavy atom. The van der Waals surface area contributed by atoms with E-state index in [1.165, 1.54) is 6.42 Å². The maximum atomic E-state index is 12.4. The van der Waals surface area contributed by atoms with E-state index in [4.69, 9.17) is 17.3 Å². The lowest BCUT2D eigenvalue weighted by atomic mass is 9.47. The van der Waals surface area contributed by atoms with Crippen LogP contribution in [0, 0.1) is 34.6 Å². The molecule has 1 aromatic rings. The molecule has 4 saturated carbocycles. The number of nitrogens with zero attached hydrogens (tertiary/aromatic N) is 5. The molecule has 4 atom stereocenters. The molecular formula is C28H38ClN7O. The zero-order valence-electron chi connectivity index (χ0n) is 21.9. The van der Waals surface area contributed by atoms with E-state index in [1.807, 2.05) is 12.3 Å². The molecule has 0 aromatic carbocycles. The summed E-state index contributed by atoms with van der Waals surface area (Å²) in [5.41, 5.74) is 6.31. The highest BCUT2D eigenvalue weighted by Gasteiger charge is 2.58. The van der Waals surface area contributed by atoms with Crippen molar-refractivity contribution >= 4 is 29.0 Å². The van der Waals surface area contributed by atoms with E-state index in [1.54, 1.807) is 0 Å². The molecule has 3 heterocycles. The third-order valence-corrected chi connectivity index (χ3v) is 10.6. The van der Waals surface area contributed by atoms with Gasteiger partial charge in [0.05, 0.1) is 17.4 Å². The monoisotopic (exact) mass is 523 g/mol. The number of halogens is 1. The first kappa shape index (κ1) is 24.9. The molecule has 3 N–H and O–H groups in total. The molecule has 2 aliphatic heterocycles. The van der Waals surface area contributed by atoms with Gasteiger partial charge in [0.1, 0.15) is 11.0 Å². The molecule has 9 heteroatoms. The van der Waals surface area contributed by atoms with Crippen molar-refractivity contribution in [1.82, 2.24) is 15.2 Å². The van der Waals surface area contributed by atoms with Crippen molar-refractivity contribution in [2.75, 3.05) is 18.0 Å². The maximum absolute atomic E-state index is 12.4. The molecule has 6 fully saturated rings. The topological polar surface area (TPSA) is 111 Å². The molecule has 0 spiro atoms. The van der Waals surface area contributed by atoms with Crippen LogP contribution < -0.4 is 16.0 Å². The summed E-state index contributed by atoms with van der Waals surface area (Å²) in [7, 11) is 0. The lowest BCUT2D eigenvalue weighted by molar-refractivity contribution is -0.145. The van der Waals surface area contributed by atoms with Crippen molar-refractivity contribution < 1.29 is 4.79 Å². The second-order valence-corrected chi connectivity index (χ2v) is 13.2. The molecule has 6 bridgehead atoms. The van der Waals surface area contributed by atoms with E-state index in [2.05, 4.69) is 51.2 Å². The van der Waals surface area contributed by atoms with Gasteiger partial charge in [-0.05, 0) is 95.1 Å². The third-order valence-electron chi connectivity index (χ3n) is 10.4. The lowest BCUT2D eigenvalue weighted by Crippen LogP contribution is -2.65. The number of nitrogens with two attached hydrogens (primary N) is 1. The summed E-state index contributed by atoms with van der Waals surface area (Å²) in [6.45, 7) is 6.25. The molecule has 6 aliphatic rings. The van der Waals surface area contributed by atoms with Crippen LogP contribution in [0.2, 0.25) is 5.15 Å². The van der Waals surface area contributed by atoms with E-state index in [9.17, 15) is 10.1 Å². The van der Waals surface area contributed by atoms with Gasteiger partial charge in [-0.25, -0.2) is 4.98 Å². The van der Waals surface area contributed by atoms with Crippen LogP contribution in [0.25, 0.3) is 0 Å². The van der Waals surface area contributed by atoms with Crippen LogP contribution in [-0.2, 0) is 4.79 Å². The predicted octanol–water partition coefficient (Wildman–Crippen LogP) is 3.71. The first-order valence-electron chi connectivity index (χ1n) is 13.9. The standard InChI is InChI=1S/C28H38ClN7O/c1-27(2,35-8-7-20-3-4-22(15-35)36(20)21-5-6-23(29)32-14-21)26(33-16-30)34-24-18-9-17-10-19(24)13-28(11-17,12-18)25(31)37/h5-6,14,17-20,22,24H,3-4,7-13,15H2,1-2H3,(H2,31,37)(H,33,34). The second kappa shape index (κ2) is 9.13. The van der Waals surface area contributed by atoms with E-state index in [0.717, 1.165) is 69.6 Å². The van der Waals surface area contributed by atoms with E-state index < -0.39 is 5.54 Å². The van der Waals surface area contributed by atoms with Crippen LogP contribution in [0.15, 0.2) is 23.3 Å². The van der Waals surface area contributed by atoms with Crippen molar-refractivity contribution in [3.05, 3.63) is 23.5 Å². The Bertz CT molecular complexity index is 1110. The molecule has 0 radical (unpaired) electrons. The fraction of sp³-hybridized carbons (Fsp3) is 0.714. The van der Waals surface area contributed by atoms with E-state index in [-0.39, 0.29) is 17.4 Å². The molecule has 198 valence electrons. The second-order valence-electron chi connectivity index (χ2n) is 12.8. The fourth-order valence-corrected chi connectivity index (χ4v) is 8.90. The number of aliphatic imine (C=N–C) groups is 1. The Hall–Kier alpha value is -2.37. The van der Waals surface area contributed by atoms with Crippen LogP contribution >= 0.6 is 11.6 Å². The van der Waals surface area contributed by atoms with Gasteiger partial charge in [0.2, 0.25) is 12.1 Å². The van der Waals surface area contributed by atoms with Crippen LogP contribution in [0.4, 0.5) is 5.69 Å². The number of amides is 1. The van der Waals surface area contributed by atoms with E-state index in [0.29, 0.717) is 35.0 Å². The first-order valence-corrected chi connectivity index (χ1v) is 14.3. The Labute approximate surface area is 224 Å². The lowest BCUT2D eigenvalue weighted by Gasteiger charge is -2.59. The number of likely N-dealkylation sites (tertiary alicyclic amines) is 1. The number of hydrogen-bond donors (Lipinski definition) is 2. The molecule has 37 heavy (non-hydrogen) atoms. The zero-order chi connectivity index (χ0) is 25.9. The minimum atomic E-state index is -0.417. The number of nitriles is 1. The smallest absolute Gasteiger partial charge is 0.223 e. The molecular weight excluding hydrogens is 486 g/mol. The largest absolute Gasteiger partial charge is 0.369 e. The van der Waals surface area contributed by atoms with E-state index >= 15 is 0 Å². The number of pyridine rings is 1. The van der Waals surface area contributed by atoms with Gasteiger partial charge in [0.15, 0.2) is 0 Å². The quantitative estimate of drug-likeness (QED) is 0.263. The Morgan fingerprint density at radius 2 is 1.95 bits per heavy atom. The zero-order valence-corrected chi connectivity index (χ0v) is 22.6. The van der Waals surface area contributed by atoms with Crippen LogP contribution in [0.5, 0.6) is 0 Å². The maximum Gasteiger partial charge on any atom is 0.223 e. The van der Waals surface area contributed by atoms with Gasteiger partial charge in [-0.2, -0.15) is 10.3 Å². The minimum absolute atomic E-state index is 0.114. The summed E-state index contributed by atoms with van der Waals surface area (Å²) in [5.74, 6) is 2.06. The van der Waals surface area contributed by atoms with Crippen LogP contribution in [0.1, 0.15) is 65.2 Å². The van der Waals surface area contributed by atoms with Crippen LogP contribution in [-0.4, -0.2) is 58.4 Å². The van der Waals surface area contributed by atoms with Crippen molar-refractivity contribution in [1.29, 1.82) is 5.26 Å². The van der Waals surface area contributed by atoms with Gasteiger partial charge >= 0.3 is 0 Å². The first-order chi connectivity index (χ1) is 17.7. The number of amidine groups is 1. The number of rotatable bonds is 5.